The molecule has 43 heteroatoms. The van der Waals surface area contributed by atoms with Gasteiger partial charge in [0.2, 0.25) is 0 Å². The van der Waals surface area contributed by atoms with E-state index in [4.69, 9.17) is 81.6 Å². The minimum Gasteiger partial charge on any atom is -0.374 e. The summed E-state index contributed by atoms with van der Waals surface area (Å²) < 4.78 is 157. The number of alkyl halides is 2. The minimum absolute atomic E-state index is 0.0295. The van der Waals surface area contributed by atoms with Crippen LogP contribution in [0.3, 0.4) is 0 Å². The van der Waals surface area contributed by atoms with E-state index in [9.17, 15) is 61.6 Å². The number of pyridine rings is 4. The zero-order chi connectivity index (χ0) is 90.1. The van der Waals surface area contributed by atoms with Gasteiger partial charge < -0.3 is 45.8 Å². The molecule has 4 aromatic carbocycles. The van der Waals surface area contributed by atoms with Gasteiger partial charge in [-0.2, -0.15) is 0 Å². The SMILES string of the molecule is Cc1ncc2cc(-c3ccc(S(C)(=O)=O)cc3Cl)c(=O)n(CC3CNCC(F)(F)C3)c2n1.Cc1ncc2cc(-c3ccc(S(C)(=O)=O)cc3Cl)c(=O)n(CC3CNCCO3)c2n1.Cc1ncc2cc(-c3ccc(S(C)(=O)=O)cc3Cl)c(=O)n(CC3OCC(N)CO3)c2n1.Cc1ncc2cc(-c3ccc(S(C)(=O)=O)cc3Cl)c(=O)n(CCC3OCC(N)CO3)c2n1. The van der Waals surface area contributed by atoms with Crippen molar-refractivity contribution in [3.63, 3.8) is 0 Å². The summed E-state index contributed by atoms with van der Waals surface area (Å²) in [6.45, 7) is 11.1. The molecule has 33 nitrogen and oxygen atoms in total. The lowest BCUT2D eigenvalue weighted by Crippen LogP contribution is -2.45. The first-order valence-electron chi connectivity index (χ1n) is 38.8. The molecule has 6 N–H and O–H groups in total. The number of nitrogens with two attached hydrogens (primary N) is 2. The second-order valence-corrected chi connectivity index (χ2v) is 40.3. The highest BCUT2D eigenvalue weighted by molar-refractivity contribution is 7.91. The van der Waals surface area contributed by atoms with E-state index < -0.39 is 69.3 Å². The quantitative estimate of drug-likeness (QED) is 0.0665. The van der Waals surface area contributed by atoms with Crippen molar-refractivity contribution >= 4 is 130 Å². The van der Waals surface area contributed by atoms with Crippen LogP contribution < -0.4 is 44.3 Å². The van der Waals surface area contributed by atoms with Crippen molar-refractivity contribution in [2.75, 3.05) is 84.2 Å². The average molecular weight is 1880 g/mol. The Labute approximate surface area is 735 Å². The van der Waals surface area contributed by atoms with Crippen molar-refractivity contribution < 1.29 is 66.1 Å². The molecule has 8 aromatic heterocycles. The highest BCUT2D eigenvalue weighted by Crippen LogP contribution is 2.36. The Balaban J connectivity index is 0.000000143. The third kappa shape index (κ3) is 22.2. The molecule has 16 rings (SSSR count). The van der Waals surface area contributed by atoms with Crippen molar-refractivity contribution in [2.45, 2.75) is 123 Å². The first-order chi connectivity index (χ1) is 58.9. The van der Waals surface area contributed by atoms with Crippen LogP contribution in [0.4, 0.5) is 8.78 Å². The molecule has 12 aromatic rings. The summed E-state index contributed by atoms with van der Waals surface area (Å²) in [7, 11) is -13.8. The van der Waals surface area contributed by atoms with Crippen molar-refractivity contribution in [1.29, 1.82) is 0 Å². The molecule has 662 valence electrons. The molecule has 0 bridgehead atoms. The normalized spacial score (nSPS) is 18.8. The van der Waals surface area contributed by atoms with Crippen LogP contribution in [0.5, 0.6) is 0 Å². The van der Waals surface area contributed by atoms with Gasteiger partial charge in [-0.05, 0) is 106 Å². The molecule has 0 saturated carbocycles. The monoisotopic (exact) mass is 1870 g/mol. The number of nitrogens with zero attached hydrogens (tertiary/aromatic N) is 12. The van der Waals surface area contributed by atoms with Crippen LogP contribution >= 0.6 is 46.4 Å². The van der Waals surface area contributed by atoms with Gasteiger partial charge in [-0.25, -0.2) is 82.3 Å². The molecule has 4 fully saturated rings. The molecule has 125 heavy (non-hydrogen) atoms. The maximum atomic E-state index is 13.9. The van der Waals surface area contributed by atoms with Gasteiger partial charge in [0.1, 0.15) is 45.9 Å². The Morgan fingerprint density at radius 2 is 0.744 bits per heavy atom. The number of ether oxygens (including phenoxy) is 5. The van der Waals surface area contributed by atoms with Gasteiger partial charge in [-0.15, -0.1) is 0 Å². The van der Waals surface area contributed by atoms with Gasteiger partial charge >= 0.3 is 0 Å². The number of nitrogens with one attached hydrogen (secondary N) is 2. The number of fused-ring (bicyclic) bond motifs is 4. The molecular formula is C82H86Cl4F2N16O17S4. The largest absolute Gasteiger partial charge is 0.374 e. The second-order valence-electron chi connectivity index (χ2n) is 30.6. The number of sulfone groups is 4. The van der Waals surface area contributed by atoms with Gasteiger partial charge in [-0.3, -0.25) is 37.4 Å². The standard InChI is InChI=1S/C21H21ClF2N4O3S.C21H23ClN4O5S.C20H21ClN4O5S.C20H21ClN4O4S/c1-12-26-9-14-5-17(16-4-3-15(6-18(16)22)32(2,30)31)20(29)28(19(14)27-12)10-13-7-21(23,24)11-25-8-13;1-12-24-9-13-7-17(16-4-3-15(8-18(16)22)32(2,28)29)21(27)26(20(13)25-12)6-5-19-30-10-14(23)11-31-19;1-11-23-7-12-5-16(15-4-3-14(6-17(15)21)31(2,27)28)20(26)25(19(12)24-11)8-18-29-9-13(22)10-30-18;1-12-23-9-13-7-17(16-4-3-15(8-18(16)21)30(2,27)28)20(26)25(19(13)24-12)11-14-10-22-5-6-29-14/h3-6,9,13,25H,7-8,10-11H2,1-2H3;3-4,7-9,14,19H,5-6,10-11,23H2,1-2H3;3-7,13,18H,8-10,22H2,1-2H3;3-4,7-9,14,22H,5-6,10-11H2,1-2H3. The third-order valence-corrected chi connectivity index (χ3v) is 26.3. The summed E-state index contributed by atoms with van der Waals surface area (Å²) in [5, 5.41) is 9.07. The lowest BCUT2D eigenvalue weighted by molar-refractivity contribution is -0.191. The zero-order valence-electron chi connectivity index (χ0n) is 68.5. The first kappa shape index (κ1) is 93.1. The fourth-order valence-corrected chi connectivity index (χ4v) is 18.3. The fourth-order valence-electron chi connectivity index (χ4n) is 14.4. The third-order valence-electron chi connectivity index (χ3n) is 20.6. The molecule has 4 saturated heterocycles. The molecule has 2 unspecified atom stereocenters. The van der Waals surface area contributed by atoms with Gasteiger partial charge in [0.25, 0.3) is 28.2 Å². The topological polar surface area (TPSA) is 450 Å². The van der Waals surface area contributed by atoms with Crippen LogP contribution in [-0.2, 0) is 89.2 Å². The summed E-state index contributed by atoms with van der Waals surface area (Å²) in [4.78, 5) is 88.7. The summed E-state index contributed by atoms with van der Waals surface area (Å²) in [6, 6.07) is 23.3. The number of aryl methyl sites for hydroxylation is 5. The number of hydrogen-bond acceptors (Lipinski definition) is 29. The number of hydrogen-bond donors (Lipinski definition) is 4. The van der Waals surface area contributed by atoms with Crippen LogP contribution in [0, 0.1) is 33.6 Å². The van der Waals surface area contributed by atoms with Crippen LogP contribution in [-0.4, -0.2) is 213 Å². The number of aromatic nitrogens is 12. The van der Waals surface area contributed by atoms with Gasteiger partial charge in [-0.1, -0.05) is 70.7 Å². The van der Waals surface area contributed by atoms with Crippen molar-refractivity contribution in [3.8, 4) is 44.5 Å². The zero-order valence-corrected chi connectivity index (χ0v) is 74.8. The molecular weight excluding hydrogens is 1790 g/mol. The van der Waals surface area contributed by atoms with Crippen molar-refractivity contribution in [2.24, 2.45) is 17.4 Å². The fraction of sp³-hybridized carbons (Fsp3) is 0.366. The summed E-state index contributed by atoms with van der Waals surface area (Å²) in [5.41, 5.74) is 14.8. The van der Waals surface area contributed by atoms with Crippen LogP contribution in [0.25, 0.3) is 88.6 Å². The Morgan fingerprint density at radius 1 is 0.424 bits per heavy atom. The predicted molar refractivity (Wildman–Crippen MR) is 469 cm³/mol. The number of rotatable bonds is 17. The molecule has 0 spiro atoms. The van der Waals surface area contributed by atoms with Crippen molar-refractivity contribution in [1.82, 2.24) is 68.8 Å². The van der Waals surface area contributed by atoms with E-state index in [-0.39, 0.29) is 112 Å². The number of piperidine rings is 1. The smallest absolute Gasteiger partial charge is 0.260 e. The Morgan fingerprint density at radius 3 is 1.06 bits per heavy atom. The number of halogens is 6. The molecule has 0 radical (unpaired) electrons. The van der Waals surface area contributed by atoms with Crippen molar-refractivity contribution in [3.05, 3.63) is 207 Å². The Bertz CT molecular complexity index is 6960. The molecule has 12 heterocycles. The maximum Gasteiger partial charge on any atom is 0.260 e. The van der Waals surface area contributed by atoms with E-state index in [0.717, 1.165) is 31.6 Å². The van der Waals surface area contributed by atoms with Gasteiger partial charge in [0.15, 0.2) is 51.9 Å². The molecule has 2 atom stereocenters. The highest BCUT2D eigenvalue weighted by Gasteiger charge is 2.37. The van der Waals surface area contributed by atoms with E-state index >= 15 is 0 Å². The Hall–Kier alpha value is -9.50. The molecule has 0 aliphatic carbocycles. The molecule has 4 aliphatic heterocycles. The van der Waals surface area contributed by atoms with E-state index in [0.29, 0.717) is 166 Å². The summed E-state index contributed by atoms with van der Waals surface area (Å²) in [6.07, 6.45) is 9.63. The van der Waals surface area contributed by atoms with E-state index in [2.05, 4.69) is 50.5 Å². The molecule has 0 amide bonds. The van der Waals surface area contributed by atoms with E-state index in [1.54, 1.807) is 91.9 Å². The average Bonchev–Trinajstić information content (AvgIpc) is 0.776. The van der Waals surface area contributed by atoms with Gasteiger partial charge in [0, 0.05) is 182 Å². The van der Waals surface area contributed by atoms with Gasteiger partial charge in [0.05, 0.1) is 90.4 Å². The Kier molecular flexibility index (Phi) is 28.5. The van der Waals surface area contributed by atoms with Crippen LogP contribution in [0.1, 0.15) is 36.1 Å². The van der Waals surface area contributed by atoms with Crippen LogP contribution in [0.15, 0.2) is 161 Å². The lowest BCUT2D eigenvalue weighted by Gasteiger charge is -2.30. The highest BCUT2D eigenvalue weighted by atomic mass is 35.5. The number of morpholine rings is 1. The minimum atomic E-state index is -3.48. The number of benzene rings is 4. The molecule has 4 aliphatic rings. The maximum absolute atomic E-state index is 13.9. The predicted octanol–water partition coefficient (Wildman–Crippen LogP) is 8.32. The summed E-state index contributed by atoms with van der Waals surface area (Å²) >= 11 is 25.5. The first-order valence-corrected chi connectivity index (χ1v) is 47.9. The van der Waals surface area contributed by atoms with Crippen LogP contribution in [0.2, 0.25) is 20.1 Å². The van der Waals surface area contributed by atoms with E-state index in [1.807, 2.05) is 0 Å². The second kappa shape index (κ2) is 38.2. The van der Waals surface area contributed by atoms with E-state index in [1.165, 1.54) is 75.9 Å². The summed E-state index contributed by atoms with van der Waals surface area (Å²) in [5.74, 6) is -1.28. The lowest BCUT2D eigenvalue weighted by atomic mass is 9.96.